The second-order valence-corrected chi connectivity index (χ2v) is 11.4. The minimum atomic E-state index is -0.521. The smallest absolute Gasteiger partial charge is 0.306 e. The van der Waals surface area contributed by atoms with E-state index in [0.29, 0.717) is 19.4 Å². The van der Waals surface area contributed by atoms with Gasteiger partial charge < -0.3 is 14.2 Å². The maximum absolute atomic E-state index is 12.4. The minimum Gasteiger partial charge on any atom is -0.462 e. The van der Waals surface area contributed by atoms with E-state index in [2.05, 4.69) is 32.9 Å². The van der Waals surface area contributed by atoms with Crippen LogP contribution in [0.15, 0.2) is 12.2 Å². The molecule has 1 unspecified atom stereocenters. The van der Waals surface area contributed by atoms with E-state index >= 15 is 0 Å². The number of hydrogen-bond donors (Lipinski definition) is 0. The summed E-state index contributed by atoms with van der Waals surface area (Å²) in [6, 6.07) is 0. The summed E-state index contributed by atoms with van der Waals surface area (Å²) < 4.78 is 16.9. The zero-order valence-corrected chi connectivity index (χ0v) is 26.9. The molecule has 0 aliphatic rings. The Morgan fingerprint density at radius 1 is 0.525 bits per heavy atom. The van der Waals surface area contributed by atoms with Gasteiger partial charge in [-0.1, -0.05) is 129 Å². The molecule has 1 atom stereocenters. The molecule has 5 nitrogen and oxygen atoms in total. The van der Waals surface area contributed by atoms with E-state index in [1.165, 1.54) is 89.9 Å². The molecule has 0 fully saturated rings. The fourth-order valence-corrected chi connectivity index (χ4v) is 4.68. The highest BCUT2D eigenvalue weighted by Crippen LogP contribution is 2.11. The Morgan fingerprint density at radius 3 is 1.55 bits per heavy atom. The van der Waals surface area contributed by atoms with Gasteiger partial charge in [0.25, 0.3) is 0 Å². The molecule has 0 saturated carbocycles. The number of hydrogen-bond acceptors (Lipinski definition) is 5. The van der Waals surface area contributed by atoms with Gasteiger partial charge in [-0.3, -0.25) is 9.59 Å². The van der Waals surface area contributed by atoms with Gasteiger partial charge >= 0.3 is 11.9 Å². The van der Waals surface area contributed by atoms with Gasteiger partial charge in [0.1, 0.15) is 6.61 Å². The molecule has 0 saturated heterocycles. The van der Waals surface area contributed by atoms with Crippen molar-refractivity contribution in [3.05, 3.63) is 12.2 Å². The first kappa shape index (κ1) is 38.6. The molecule has 0 aromatic carbocycles. The lowest BCUT2D eigenvalue weighted by Crippen LogP contribution is -2.30. The molecule has 0 aliphatic heterocycles. The van der Waals surface area contributed by atoms with Crippen molar-refractivity contribution in [2.24, 2.45) is 0 Å². The molecule has 0 aliphatic carbocycles. The first-order valence-electron chi connectivity index (χ1n) is 17.2. The van der Waals surface area contributed by atoms with Gasteiger partial charge in [-0.25, -0.2) is 0 Å². The van der Waals surface area contributed by atoms with Crippen molar-refractivity contribution in [1.29, 1.82) is 0 Å². The third-order valence-corrected chi connectivity index (χ3v) is 7.30. The zero-order chi connectivity index (χ0) is 29.4. The number of carbonyl (C=O) groups is 2. The first-order chi connectivity index (χ1) is 19.6. The summed E-state index contributed by atoms with van der Waals surface area (Å²) in [7, 11) is 0. The van der Waals surface area contributed by atoms with E-state index in [0.717, 1.165) is 51.4 Å². The number of ether oxygens (including phenoxy) is 3. The second-order valence-electron chi connectivity index (χ2n) is 11.4. The summed E-state index contributed by atoms with van der Waals surface area (Å²) in [5.74, 6) is -0.424. The topological polar surface area (TPSA) is 61.8 Å². The van der Waals surface area contributed by atoms with Crippen LogP contribution in [-0.2, 0) is 23.8 Å². The van der Waals surface area contributed by atoms with Gasteiger partial charge in [-0.15, -0.1) is 0 Å². The van der Waals surface area contributed by atoms with Crippen LogP contribution >= 0.6 is 0 Å². The van der Waals surface area contributed by atoms with Crippen LogP contribution in [0.5, 0.6) is 0 Å². The quantitative estimate of drug-likeness (QED) is 0.0474. The number of unbranched alkanes of at least 4 members (excludes halogenated alkanes) is 18. The lowest BCUT2D eigenvalue weighted by Gasteiger charge is -2.18. The SMILES string of the molecule is CCCCCC/C=C\CCCCCCCCOCC(COC(=O)CCCCCCC)OC(=O)CCCCCCC. The van der Waals surface area contributed by atoms with Gasteiger partial charge in [0.05, 0.1) is 6.61 Å². The predicted octanol–water partition coefficient (Wildman–Crippen LogP) is 10.4. The molecule has 0 amide bonds. The molecule has 0 aromatic rings. The van der Waals surface area contributed by atoms with Crippen LogP contribution in [0.3, 0.4) is 0 Å². The van der Waals surface area contributed by atoms with Crippen LogP contribution in [0.1, 0.15) is 175 Å². The summed E-state index contributed by atoms with van der Waals surface area (Å²) >= 11 is 0. The fourth-order valence-electron chi connectivity index (χ4n) is 4.68. The maximum atomic E-state index is 12.4. The van der Waals surface area contributed by atoms with Gasteiger partial charge in [-0.05, 0) is 44.9 Å². The summed E-state index contributed by atoms with van der Waals surface area (Å²) in [4.78, 5) is 24.5. The predicted molar refractivity (Wildman–Crippen MR) is 169 cm³/mol. The van der Waals surface area contributed by atoms with Crippen molar-refractivity contribution in [3.63, 3.8) is 0 Å². The van der Waals surface area contributed by atoms with Crippen LogP contribution in [0, 0.1) is 0 Å². The van der Waals surface area contributed by atoms with Crippen LogP contribution < -0.4 is 0 Å². The third kappa shape index (κ3) is 29.6. The Hall–Kier alpha value is -1.36. The summed E-state index contributed by atoms with van der Waals surface area (Å²) in [5, 5.41) is 0. The van der Waals surface area contributed by atoms with Gasteiger partial charge in [0, 0.05) is 19.4 Å². The molecule has 0 heterocycles. The molecular formula is C35H66O5. The van der Waals surface area contributed by atoms with Crippen LogP contribution in [-0.4, -0.2) is 37.9 Å². The average molecular weight is 567 g/mol. The fraction of sp³-hybridized carbons (Fsp3) is 0.886. The normalized spacial score (nSPS) is 12.2. The number of allylic oxidation sites excluding steroid dienone is 2. The minimum absolute atomic E-state index is 0.0859. The summed E-state index contributed by atoms with van der Waals surface area (Å²) in [6.07, 6.45) is 31.0. The van der Waals surface area contributed by atoms with E-state index < -0.39 is 6.10 Å². The molecule has 0 aromatic heterocycles. The summed E-state index contributed by atoms with van der Waals surface area (Å²) in [6.45, 7) is 7.64. The monoisotopic (exact) mass is 566 g/mol. The highest BCUT2D eigenvalue weighted by molar-refractivity contribution is 5.70. The standard InChI is InChI=1S/C35H66O5/c1-4-7-10-13-14-15-16-17-18-19-20-21-24-27-30-38-31-33(40-35(37)29-26-23-12-9-6-3)32-39-34(36)28-25-22-11-8-5-2/h15-16,33H,4-14,17-32H2,1-3H3/b16-15-. The lowest BCUT2D eigenvalue weighted by molar-refractivity contribution is -0.163. The van der Waals surface area contributed by atoms with E-state index in [9.17, 15) is 9.59 Å². The van der Waals surface area contributed by atoms with E-state index in [1.807, 2.05) is 0 Å². The van der Waals surface area contributed by atoms with Crippen molar-refractivity contribution in [1.82, 2.24) is 0 Å². The van der Waals surface area contributed by atoms with Crippen molar-refractivity contribution < 1.29 is 23.8 Å². The second kappa shape index (κ2) is 32.2. The molecule has 0 bridgehead atoms. The van der Waals surface area contributed by atoms with Crippen molar-refractivity contribution in [2.75, 3.05) is 19.8 Å². The molecule has 0 rings (SSSR count). The molecule has 236 valence electrons. The van der Waals surface area contributed by atoms with E-state index in [1.54, 1.807) is 0 Å². The Morgan fingerprint density at radius 2 is 0.975 bits per heavy atom. The number of esters is 2. The Bertz CT molecular complexity index is 574. The van der Waals surface area contributed by atoms with Crippen molar-refractivity contribution in [3.8, 4) is 0 Å². The molecule has 40 heavy (non-hydrogen) atoms. The van der Waals surface area contributed by atoms with E-state index in [-0.39, 0.29) is 25.2 Å². The van der Waals surface area contributed by atoms with Crippen LogP contribution in [0.2, 0.25) is 0 Å². The Balaban J connectivity index is 4.05. The largest absolute Gasteiger partial charge is 0.462 e. The van der Waals surface area contributed by atoms with Gasteiger partial charge in [-0.2, -0.15) is 0 Å². The van der Waals surface area contributed by atoms with Gasteiger partial charge in [0.2, 0.25) is 0 Å². The summed E-state index contributed by atoms with van der Waals surface area (Å²) in [5.41, 5.74) is 0. The molecule has 0 N–H and O–H groups in total. The lowest BCUT2D eigenvalue weighted by atomic mass is 10.1. The van der Waals surface area contributed by atoms with Crippen LogP contribution in [0.25, 0.3) is 0 Å². The molecule has 0 spiro atoms. The Labute approximate surface area is 248 Å². The molecule has 5 heteroatoms. The number of rotatable bonds is 31. The van der Waals surface area contributed by atoms with Gasteiger partial charge in [0.15, 0.2) is 6.10 Å². The van der Waals surface area contributed by atoms with Crippen LogP contribution in [0.4, 0.5) is 0 Å². The highest BCUT2D eigenvalue weighted by atomic mass is 16.6. The zero-order valence-electron chi connectivity index (χ0n) is 26.9. The maximum Gasteiger partial charge on any atom is 0.306 e. The third-order valence-electron chi connectivity index (χ3n) is 7.30. The molecular weight excluding hydrogens is 500 g/mol. The van der Waals surface area contributed by atoms with Crippen molar-refractivity contribution in [2.45, 2.75) is 181 Å². The number of carbonyl (C=O) groups excluding carboxylic acids is 2. The first-order valence-corrected chi connectivity index (χ1v) is 17.2. The highest BCUT2D eigenvalue weighted by Gasteiger charge is 2.17. The average Bonchev–Trinajstić information content (AvgIpc) is 2.95. The molecule has 0 radical (unpaired) electrons. The van der Waals surface area contributed by atoms with Crippen molar-refractivity contribution >= 4 is 11.9 Å². The van der Waals surface area contributed by atoms with E-state index in [4.69, 9.17) is 14.2 Å². The Kier molecular flexibility index (Phi) is 31.1.